The molecule has 0 aliphatic carbocycles. The summed E-state index contributed by atoms with van der Waals surface area (Å²) in [5, 5.41) is 0. The molecule has 0 N–H and O–H groups in total. The zero-order chi connectivity index (χ0) is 12.8. The fraction of sp³-hybridized carbons (Fsp3) is 0.500. The van der Waals surface area contributed by atoms with Gasteiger partial charge in [0.1, 0.15) is 5.78 Å². The zero-order valence-corrected chi connectivity index (χ0v) is 10.6. The summed E-state index contributed by atoms with van der Waals surface area (Å²) in [4.78, 5) is 11.7. The molecule has 0 saturated heterocycles. The van der Waals surface area contributed by atoms with Crippen LogP contribution in [0.2, 0.25) is 0 Å². The van der Waals surface area contributed by atoms with Gasteiger partial charge in [0, 0.05) is 12.8 Å². The van der Waals surface area contributed by atoms with Gasteiger partial charge < -0.3 is 4.74 Å². The van der Waals surface area contributed by atoms with E-state index in [-0.39, 0.29) is 18.0 Å². The van der Waals surface area contributed by atoms with Crippen molar-refractivity contribution >= 4 is 5.78 Å². The molecule has 3 heteroatoms. The molecule has 1 atom stereocenters. The number of carbonyl (C=O) groups is 1. The van der Waals surface area contributed by atoms with Crippen LogP contribution in [-0.4, -0.2) is 12.9 Å². The first-order chi connectivity index (χ1) is 8.08. The first kappa shape index (κ1) is 13.7. The number of rotatable bonds is 6. The van der Waals surface area contributed by atoms with Crippen LogP contribution in [0.3, 0.4) is 0 Å². The van der Waals surface area contributed by atoms with Crippen molar-refractivity contribution in [3.8, 4) is 5.75 Å². The van der Waals surface area contributed by atoms with E-state index in [9.17, 15) is 9.18 Å². The fourth-order valence-corrected chi connectivity index (χ4v) is 1.67. The lowest BCUT2D eigenvalue weighted by atomic mass is 9.98. The third-order valence-corrected chi connectivity index (χ3v) is 2.92. The molecule has 94 valence electrons. The van der Waals surface area contributed by atoms with E-state index in [4.69, 9.17) is 4.74 Å². The molecule has 0 fully saturated rings. The monoisotopic (exact) mass is 238 g/mol. The Kier molecular flexibility index (Phi) is 5.13. The van der Waals surface area contributed by atoms with E-state index in [0.29, 0.717) is 17.9 Å². The molecule has 2 nitrogen and oxygen atoms in total. The quantitative estimate of drug-likeness (QED) is 0.759. The predicted molar refractivity (Wildman–Crippen MR) is 65.7 cm³/mol. The van der Waals surface area contributed by atoms with Gasteiger partial charge in [-0.2, -0.15) is 0 Å². The molecule has 1 aromatic rings. The summed E-state index contributed by atoms with van der Waals surface area (Å²) in [6, 6.07) is 4.89. The number of methoxy groups -OCH3 is 1. The molecule has 0 aliphatic rings. The minimum absolute atomic E-state index is 0.0755. The second-order valence-corrected chi connectivity index (χ2v) is 4.37. The Hall–Kier alpha value is -1.38. The summed E-state index contributed by atoms with van der Waals surface area (Å²) in [5.74, 6) is 0.203. The number of Topliss-reactive ketones (excluding diaryl/α,β-unsaturated/α-hetero) is 1. The van der Waals surface area contributed by atoms with E-state index in [1.165, 1.54) is 7.11 Å². The van der Waals surface area contributed by atoms with Crippen LogP contribution in [0.1, 0.15) is 32.3 Å². The molecule has 0 saturated carbocycles. The SMILES string of the molecule is CCC(C)CC(=O)Cc1cccc(OC)c1F. The van der Waals surface area contributed by atoms with Crippen LogP contribution in [0.25, 0.3) is 0 Å². The Bertz CT molecular complexity index is 388. The van der Waals surface area contributed by atoms with Gasteiger partial charge in [0.15, 0.2) is 11.6 Å². The number of ether oxygens (including phenoxy) is 1. The largest absolute Gasteiger partial charge is 0.494 e. The Morgan fingerprint density at radius 2 is 2.18 bits per heavy atom. The molecule has 0 spiro atoms. The van der Waals surface area contributed by atoms with Crippen molar-refractivity contribution in [1.82, 2.24) is 0 Å². The van der Waals surface area contributed by atoms with E-state index in [0.717, 1.165) is 6.42 Å². The van der Waals surface area contributed by atoms with Gasteiger partial charge in [0.05, 0.1) is 7.11 Å². The van der Waals surface area contributed by atoms with E-state index in [1.807, 2.05) is 13.8 Å². The second kappa shape index (κ2) is 6.38. The predicted octanol–water partition coefficient (Wildman–Crippen LogP) is 3.38. The molecule has 0 radical (unpaired) electrons. The number of benzene rings is 1. The summed E-state index contributed by atoms with van der Waals surface area (Å²) in [6.07, 6.45) is 1.62. The average Bonchev–Trinajstić information content (AvgIpc) is 2.31. The molecular formula is C14H19FO2. The Labute approximate surface area is 102 Å². The maximum atomic E-state index is 13.8. The lowest BCUT2D eigenvalue weighted by Gasteiger charge is -2.09. The van der Waals surface area contributed by atoms with E-state index >= 15 is 0 Å². The van der Waals surface area contributed by atoms with Gasteiger partial charge in [0.25, 0.3) is 0 Å². The molecule has 0 bridgehead atoms. The van der Waals surface area contributed by atoms with Crippen molar-refractivity contribution in [2.75, 3.05) is 7.11 Å². The maximum absolute atomic E-state index is 13.8. The molecule has 0 amide bonds. The third-order valence-electron chi connectivity index (χ3n) is 2.92. The van der Waals surface area contributed by atoms with Crippen molar-refractivity contribution in [3.05, 3.63) is 29.6 Å². The van der Waals surface area contributed by atoms with Crippen LogP contribution < -0.4 is 4.74 Å². The van der Waals surface area contributed by atoms with Crippen molar-refractivity contribution in [3.63, 3.8) is 0 Å². The van der Waals surface area contributed by atoms with Crippen LogP contribution in [0.5, 0.6) is 5.75 Å². The van der Waals surface area contributed by atoms with Crippen LogP contribution >= 0.6 is 0 Å². The smallest absolute Gasteiger partial charge is 0.168 e. The molecule has 0 aromatic heterocycles. The van der Waals surface area contributed by atoms with Gasteiger partial charge in [-0.05, 0) is 17.5 Å². The first-order valence-electron chi connectivity index (χ1n) is 5.91. The summed E-state index contributed by atoms with van der Waals surface area (Å²) < 4.78 is 18.7. The van der Waals surface area contributed by atoms with Gasteiger partial charge in [-0.25, -0.2) is 4.39 Å². The van der Waals surface area contributed by atoms with Crippen LogP contribution in [-0.2, 0) is 11.2 Å². The van der Waals surface area contributed by atoms with Crippen LogP contribution in [0, 0.1) is 11.7 Å². The summed E-state index contributed by atoms with van der Waals surface area (Å²) in [5.41, 5.74) is 0.414. The lowest BCUT2D eigenvalue weighted by molar-refractivity contribution is -0.119. The summed E-state index contributed by atoms with van der Waals surface area (Å²) in [6.45, 7) is 4.07. The number of halogens is 1. The molecular weight excluding hydrogens is 219 g/mol. The Balaban J connectivity index is 2.71. The topological polar surface area (TPSA) is 26.3 Å². The molecule has 0 heterocycles. The second-order valence-electron chi connectivity index (χ2n) is 4.37. The maximum Gasteiger partial charge on any atom is 0.168 e. The minimum atomic E-state index is -0.424. The molecule has 1 unspecified atom stereocenters. The Morgan fingerprint density at radius 1 is 1.47 bits per heavy atom. The highest BCUT2D eigenvalue weighted by atomic mass is 19.1. The number of carbonyl (C=O) groups excluding carboxylic acids is 1. The molecule has 17 heavy (non-hydrogen) atoms. The van der Waals surface area contributed by atoms with Crippen molar-refractivity contribution in [2.24, 2.45) is 5.92 Å². The van der Waals surface area contributed by atoms with Gasteiger partial charge >= 0.3 is 0 Å². The van der Waals surface area contributed by atoms with E-state index in [2.05, 4.69) is 0 Å². The van der Waals surface area contributed by atoms with E-state index < -0.39 is 5.82 Å². The van der Waals surface area contributed by atoms with Gasteiger partial charge in [-0.15, -0.1) is 0 Å². The minimum Gasteiger partial charge on any atom is -0.494 e. The fourth-order valence-electron chi connectivity index (χ4n) is 1.67. The standard InChI is InChI=1S/C14H19FO2/c1-4-10(2)8-12(16)9-11-6-5-7-13(17-3)14(11)15/h5-7,10H,4,8-9H2,1-3H3. The molecule has 0 aliphatic heterocycles. The van der Waals surface area contributed by atoms with Gasteiger partial charge in [-0.1, -0.05) is 32.4 Å². The molecule has 1 aromatic carbocycles. The highest BCUT2D eigenvalue weighted by Gasteiger charge is 2.13. The number of hydrogen-bond acceptors (Lipinski definition) is 2. The van der Waals surface area contributed by atoms with Crippen LogP contribution in [0.4, 0.5) is 4.39 Å². The highest BCUT2D eigenvalue weighted by molar-refractivity contribution is 5.81. The third kappa shape index (κ3) is 3.84. The van der Waals surface area contributed by atoms with Crippen LogP contribution in [0.15, 0.2) is 18.2 Å². The Morgan fingerprint density at radius 3 is 2.76 bits per heavy atom. The summed E-state index contributed by atoms with van der Waals surface area (Å²) >= 11 is 0. The van der Waals surface area contributed by atoms with Crippen molar-refractivity contribution in [1.29, 1.82) is 0 Å². The number of hydrogen-bond donors (Lipinski definition) is 0. The normalized spacial score (nSPS) is 12.2. The summed E-state index contributed by atoms with van der Waals surface area (Å²) in [7, 11) is 1.42. The lowest BCUT2D eigenvalue weighted by Crippen LogP contribution is -2.09. The average molecular weight is 238 g/mol. The highest BCUT2D eigenvalue weighted by Crippen LogP contribution is 2.21. The zero-order valence-electron chi connectivity index (χ0n) is 10.6. The van der Waals surface area contributed by atoms with Crippen molar-refractivity contribution < 1.29 is 13.9 Å². The molecule has 1 rings (SSSR count). The number of ketones is 1. The van der Waals surface area contributed by atoms with Gasteiger partial charge in [0.2, 0.25) is 0 Å². The van der Waals surface area contributed by atoms with E-state index in [1.54, 1.807) is 18.2 Å². The van der Waals surface area contributed by atoms with Crippen molar-refractivity contribution in [2.45, 2.75) is 33.1 Å². The first-order valence-corrected chi connectivity index (χ1v) is 5.91. The van der Waals surface area contributed by atoms with Gasteiger partial charge in [-0.3, -0.25) is 4.79 Å².